The molecule has 0 fully saturated rings. The van der Waals surface area contributed by atoms with Gasteiger partial charge in [-0.2, -0.15) is 0 Å². The van der Waals surface area contributed by atoms with E-state index in [9.17, 15) is 9.59 Å². The van der Waals surface area contributed by atoms with E-state index in [0.29, 0.717) is 37.0 Å². The number of ether oxygens (including phenoxy) is 1. The molecule has 0 bridgehead atoms. The van der Waals surface area contributed by atoms with Gasteiger partial charge in [-0.25, -0.2) is 9.79 Å². The molecule has 158 valence electrons. The zero-order chi connectivity index (χ0) is 22.1. The summed E-state index contributed by atoms with van der Waals surface area (Å²) in [6.07, 6.45) is 1.48. The second kappa shape index (κ2) is 8.91. The minimum atomic E-state index is -0.646. The maximum absolute atomic E-state index is 13.3. The SMILES string of the molecule is CCOC(=O)C1=C(C)N=C2SC(c3c(Cl)cccc3Cl)=CC(=O)N2[C@@H]1c1ccccc1. The summed E-state index contributed by atoms with van der Waals surface area (Å²) in [5, 5.41) is 1.35. The second-order valence-electron chi connectivity index (χ2n) is 6.84. The van der Waals surface area contributed by atoms with Crippen molar-refractivity contribution < 1.29 is 14.3 Å². The monoisotopic (exact) mass is 472 g/mol. The van der Waals surface area contributed by atoms with Crippen LogP contribution in [0.15, 0.2) is 70.9 Å². The number of carbonyl (C=O) groups is 2. The van der Waals surface area contributed by atoms with Crippen molar-refractivity contribution in [2.24, 2.45) is 4.99 Å². The third kappa shape index (κ3) is 4.03. The second-order valence-corrected chi connectivity index (χ2v) is 8.67. The fraction of sp³-hybridized carbons (Fsp3) is 0.174. The number of benzene rings is 2. The summed E-state index contributed by atoms with van der Waals surface area (Å²) in [7, 11) is 0. The molecule has 2 aromatic rings. The van der Waals surface area contributed by atoms with E-state index in [1.54, 1.807) is 32.0 Å². The molecular weight excluding hydrogens is 455 g/mol. The molecule has 4 rings (SSSR count). The number of rotatable bonds is 4. The maximum atomic E-state index is 13.3. The van der Waals surface area contributed by atoms with Crippen molar-refractivity contribution in [3.05, 3.63) is 87.0 Å². The zero-order valence-electron chi connectivity index (χ0n) is 16.8. The summed E-state index contributed by atoms with van der Waals surface area (Å²) in [5.74, 6) is -0.801. The van der Waals surface area contributed by atoms with Gasteiger partial charge in [0.1, 0.15) is 0 Å². The Morgan fingerprint density at radius 2 is 1.81 bits per heavy atom. The van der Waals surface area contributed by atoms with Gasteiger partial charge in [-0.1, -0.05) is 71.4 Å². The van der Waals surface area contributed by atoms with Crippen LogP contribution in [-0.4, -0.2) is 28.6 Å². The summed E-state index contributed by atoms with van der Waals surface area (Å²) < 4.78 is 5.28. The average molecular weight is 473 g/mol. The van der Waals surface area contributed by atoms with Gasteiger partial charge in [0.25, 0.3) is 5.91 Å². The van der Waals surface area contributed by atoms with Crippen LogP contribution in [0.25, 0.3) is 4.91 Å². The van der Waals surface area contributed by atoms with Gasteiger partial charge >= 0.3 is 5.97 Å². The third-order valence-corrected chi connectivity index (χ3v) is 6.55. The van der Waals surface area contributed by atoms with E-state index in [-0.39, 0.29) is 12.5 Å². The summed E-state index contributed by atoms with van der Waals surface area (Å²) >= 11 is 14.0. The van der Waals surface area contributed by atoms with E-state index >= 15 is 0 Å². The molecule has 0 spiro atoms. The highest BCUT2D eigenvalue weighted by Crippen LogP contribution is 2.46. The smallest absolute Gasteiger partial charge is 0.338 e. The highest BCUT2D eigenvalue weighted by molar-refractivity contribution is 8.21. The molecule has 0 saturated heterocycles. The van der Waals surface area contributed by atoms with Gasteiger partial charge in [-0.15, -0.1) is 0 Å². The molecule has 0 aliphatic carbocycles. The molecule has 2 heterocycles. The van der Waals surface area contributed by atoms with Gasteiger partial charge in [0.15, 0.2) is 5.17 Å². The third-order valence-electron chi connectivity index (χ3n) is 4.90. The molecule has 2 aliphatic rings. The average Bonchev–Trinajstić information content (AvgIpc) is 2.73. The van der Waals surface area contributed by atoms with E-state index in [1.807, 2.05) is 30.3 Å². The fourth-order valence-electron chi connectivity index (χ4n) is 3.57. The molecule has 0 saturated carbocycles. The Balaban J connectivity index is 1.86. The van der Waals surface area contributed by atoms with Crippen LogP contribution in [0.4, 0.5) is 0 Å². The van der Waals surface area contributed by atoms with Crippen molar-refractivity contribution in [3.8, 4) is 0 Å². The van der Waals surface area contributed by atoms with Crippen LogP contribution in [0, 0.1) is 0 Å². The van der Waals surface area contributed by atoms with Crippen molar-refractivity contribution in [2.45, 2.75) is 19.9 Å². The van der Waals surface area contributed by atoms with Gasteiger partial charge in [-0.05, 0) is 31.5 Å². The lowest BCUT2D eigenvalue weighted by molar-refractivity contribution is -0.139. The van der Waals surface area contributed by atoms with Gasteiger partial charge in [0.05, 0.1) is 34.0 Å². The summed E-state index contributed by atoms with van der Waals surface area (Å²) in [4.78, 5) is 32.9. The molecule has 8 heteroatoms. The minimum Gasteiger partial charge on any atom is -0.463 e. The Kier molecular flexibility index (Phi) is 6.23. The van der Waals surface area contributed by atoms with Gasteiger partial charge in [0, 0.05) is 16.5 Å². The van der Waals surface area contributed by atoms with Crippen LogP contribution in [0.3, 0.4) is 0 Å². The number of hydrogen-bond acceptors (Lipinski definition) is 5. The molecule has 1 amide bonds. The molecule has 0 aromatic heterocycles. The quantitative estimate of drug-likeness (QED) is 0.522. The zero-order valence-corrected chi connectivity index (χ0v) is 19.1. The number of nitrogens with zero attached hydrogens (tertiary/aromatic N) is 2. The number of amidine groups is 1. The first-order valence-electron chi connectivity index (χ1n) is 9.61. The van der Waals surface area contributed by atoms with E-state index in [0.717, 1.165) is 5.56 Å². The van der Waals surface area contributed by atoms with Crippen molar-refractivity contribution in [1.82, 2.24) is 4.90 Å². The predicted molar refractivity (Wildman–Crippen MR) is 125 cm³/mol. The minimum absolute atomic E-state index is 0.228. The number of amides is 1. The van der Waals surface area contributed by atoms with Crippen molar-refractivity contribution >= 4 is 56.9 Å². The first-order chi connectivity index (χ1) is 14.9. The lowest BCUT2D eigenvalue weighted by Gasteiger charge is -2.38. The standard InChI is InChI=1S/C23H18Cl2N2O3S/c1-3-30-22(29)19-13(2)26-23-27(21(19)14-8-5-4-6-9-14)18(28)12-17(31-23)20-15(24)10-7-11-16(20)25/h4-12,21H,3H2,1-2H3/t21-/m1/s1. The van der Waals surface area contributed by atoms with Gasteiger partial charge < -0.3 is 4.74 Å². The number of aliphatic imine (C=N–C) groups is 1. The van der Waals surface area contributed by atoms with Crippen molar-refractivity contribution in [2.75, 3.05) is 6.61 Å². The molecule has 0 radical (unpaired) electrons. The van der Waals surface area contributed by atoms with Gasteiger partial charge in [0.2, 0.25) is 0 Å². The number of esters is 1. The molecule has 2 aromatic carbocycles. The van der Waals surface area contributed by atoms with E-state index in [2.05, 4.69) is 4.99 Å². The van der Waals surface area contributed by atoms with Gasteiger partial charge in [-0.3, -0.25) is 9.69 Å². The number of fused-ring (bicyclic) bond motifs is 1. The largest absolute Gasteiger partial charge is 0.463 e. The maximum Gasteiger partial charge on any atom is 0.338 e. The molecular formula is C23H18Cl2N2O3S. The molecule has 0 N–H and O–H groups in total. The van der Waals surface area contributed by atoms with Crippen LogP contribution >= 0.6 is 35.0 Å². The van der Waals surface area contributed by atoms with E-state index in [1.165, 1.54) is 22.7 Å². The van der Waals surface area contributed by atoms with Crippen LogP contribution in [0.5, 0.6) is 0 Å². The predicted octanol–water partition coefficient (Wildman–Crippen LogP) is 5.86. The molecule has 1 atom stereocenters. The van der Waals surface area contributed by atoms with Crippen molar-refractivity contribution in [3.63, 3.8) is 0 Å². The first kappa shape index (κ1) is 21.7. The normalized spacial score (nSPS) is 18.4. The van der Waals surface area contributed by atoms with Crippen molar-refractivity contribution in [1.29, 1.82) is 0 Å². The lowest BCUT2D eigenvalue weighted by Crippen LogP contribution is -2.44. The number of halogens is 2. The van der Waals surface area contributed by atoms with E-state index in [4.69, 9.17) is 27.9 Å². The van der Waals surface area contributed by atoms with Crippen LogP contribution < -0.4 is 0 Å². The Hall–Kier alpha value is -2.54. The van der Waals surface area contributed by atoms with Crippen LogP contribution in [0.2, 0.25) is 10.0 Å². The highest BCUT2D eigenvalue weighted by Gasteiger charge is 2.42. The fourth-order valence-corrected chi connectivity index (χ4v) is 5.44. The lowest BCUT2D eigenvalue weighted by atomic mass is 9.94. The van der Waals surface area contributed by atoms with Crippen LogP contribution in [0.1, 0.15) is 31.0 Å². The van der Waals surface area contributed by atoms with Crippen LogP contribution in [-0.2, 0) is 14.3 Å². The topological polar surface area (TPSA) is 59.0 Å². The Morgan fingerprint density at radius 3 is 2.45 bits per heavy atom. The molecule has 5 nitrogen and oxygen atoms in total. The highest BCUT2D eigenvalue weighted by atomic mass is 35.5. The Bertz CT molecular complexity index is 1140. The van der Waals surface area contributed by atoms with E-state index < -0.39 is 12.0 Å². The summed E-state index contributed by atoms with van der Waals surface area (Å²) in [5.41, 5.74) is 2.23. The Morgan fingerprint density at radius 1 is 1.13 bits per heavy atom. The number of carbonyl (C=O) groups excluding carboxylic acids is 2. The summed E-state index contributed by atoms with van der Waals surface area (Å²) in [6.45, 7) is 3.72. The first-order valence-corrected chi connectivity index (χ1v) is 11.2. The Labute approximate surface area is 194 Å². The molecule has 0 unspecified atom stereocenters. The molecule has 2 aliphatic heterocycles. The summed E-state index contributed by atoms with van der Waals surface area (Å²) in [6, 6.07) is 13.9. The number of allylic oxidation sites excluding steroid dienone is 1. The number of hydrogen-bond donors (Lipinski definition) is 0. The molecule has 31 heavy (non-hydrogen) atoms. The number of thioether (sulfide) groups is 1.